The topological polar surface area (TPSA) is 40.5 Å². The van der Waals surface area contributed by atoms with Crippen LogP contribution in [0.1, 0.15) is 25.7 Å². The van der Waals surface area contributed by atoms with Crippen LogP contribution in [0.4, 0.5) is 0 Å². The van der Waals surface area contributed by atoms with Crippen molar-refractivity contribution in [3.8, 4) is 0 Å². The Balaban J connectivity index is 2.10. The normalized spacial score (nSPS) is 39.1. The molecule has 1 aliphatic carbocycles. The van der Waals surface area contributed by atoms with Gasteiger partial charge < -0.3 is 10.0 Å². The fraction of sp³-hybridized carbons (Fsp3) is 0.909. The number of likely N-dealkylation sites (tertiary alicyclic amines) is 1. The first-order valence-corrected chi connectivity index (χ1v) is 5.60. The van der Waals surface area contributed by atoms with E-state index in [-0.39, 0.29) is 5.92 Å². The molecule has 1 N–H and O–H groups in total. The minimum Gasteiger partial charge on any atom is -0.481 e. The monoisotopic (exact) mass is 197 g/mol. The van der Waals surface area contributed by atoms with Gasteiger partial charge in [0.25, 0.3) is 0 Å². The lowest BCUT2D eigenvalue weighted by Gasteiger charge is -2.43. The highest BCUT2D eigenvalue weighted by atomic mass is 16.4. The van der Waals surface area contributed by atoms with Gasteiger partial charge in [-0.15, -0.1) is 0 Å². The number of aliphatic carboxylic acids is 1. The Labute approximate surface area is 85.1 Å². The number of carboxylic acids is 1. The first kappa shape index (κ1) is 9.97. The largest absolute Gasteiger partial charge is 0.481 e. The van der Waals surface area contributed by atoms with Crippen LogP contribution in [0.5, 0.6) is 0 Å². The molecule has 0 aromatic carbocycles. The molecule has 3 unspecified atom stereocenters. The van der Waals surface area contributed by atoms with Crippen LogP contribution < -0.4 is 0 Å². The van der Waals surface area contributed by atoms with E-state index in [4.69, 9.17) is 5.11 Å². The Hall–Kier alpha value is -0.570. The van der Waals surface area contributed by atoms with Crippen LogP contribution in [0.25, 0.3) is 0 Å². The zero-order chi connectivity index (χ0) is 10.1. The Kier molecular flexibility index (Phi) is 2.77. The van der Waals surface area contributed by atoms with Crippen LogP contribution in [0, 0.1) is 17.8 Å². The fourth-order valence-electron chi connectivity index (χ4n) is 3.20. The second-order valence-electron chi connectivity index (χ2n) is 4.87. The zero-order valence-electron chi connectivity index (χ0n) is 8.78. The first-order valence-electron chi connectivity index (χ1n) is 5.60. The Morgan fingerprint density at radius 2 is 2.00 bits per heavy atom. The lowest BCUT2D eigenvalue weighted by Crippen LogP contribution is -2.48. The molecule has 2 fully saturated rings. The van der Waals surface area contributed by atoms with Gasteiger partial charge in [-0.05, 0) is 31.7 Å². The second-order valence-corrected chi connectivity index (χ2v) is 4.87. The fourth-order valence-corrected chi connectivity index (χ4v) is 3.20. The van der Waals surface area contributed by atoms with Gasteiger partial charge >= 0.3 is 5.97 Å². The third kappa shape index (κ3) is 1.78. The standard InChI is InChI=1S/C11H19NO2/c1-12-6-8-4-2-3-5-9(8)10(7-12)11(13)14/h8-10H,2-7H2,1H3,(H,13,14). The molecule has 80 valence electrons. The van der Waals surface area contributed by atoms with E-state index in [1.54, 1.807) is 0 Å². The number of nitrogens with zero attached hydrogens (tertiary/aromatic N) is 1. The van der Waals surface area contributed by atoms with E-state index < -0.39 is 5.97 Å². The maximum Gasteiger partial charge on any atom is 0.308 e. The van der Waals surface area contributed by atoms with Crippen LogP contribution in [-0.2, 0) is 4.79 Å². The molecule has 14 heavy (non-hydrogen) atoms. The van der Waals surface area contributed by atoms with Crippen molar-refractivity contribution in [2.24, 2.45) is 17.8 Å². The van der Waals surface area contributed by atoms with Gasteiger partial charge in [-0.3, -0.25) is 4.79 Å². The van der Waals surface area contributed by atoms with Crippen LogP contribution in [-0.4, -0.2) is 36.1 Å². The average Bonchev–Trinajstić information content (AvgIpc) is 2.16. The molecule has 0 aromatic heterocycles. The maximum atomic E-state index is 11.1. The van der Waals surface area contributed by atoms with Gasteiger partial charge in [0.2, 0.25) is 0 Å². The Bertz CT molecular complexity index is 229. The molecular weight excluding hydrogens is 178 g/mol. The zero-order valence-corrected chi connectivity index (χ0v) is 8.78. The van der Waals surface area contributed by atoms with E-state index in [1.807, 2.05) is 7.05 Å². The molecule has 1 heterocycles. The molecule has 1 aliphatic heterocycles. The molecular formula is C11H19NO2. The summed E-state index contributed by atoms with van der Waals surface area (Å²) in [6, 6.07) is 0. The van der Waals surface area contributed by atoms with Crippen molar-refractivity contribution in [2.75, 3.05) is 20.1 Å². The van der Waals surface area contributed by atoms with Crippen LogP contribution in [0.3, 0.4) is 0 Å². The summed E-state index contributed by atoms with van der Waals surface area (Å²) in [6.07, 6.45) is 4.89. The molecule has 0 bridgehead atoms. The quantitative estimate of drug-likeness (QED) is 0.691. The summed E-state index contributed by atoms with van der Waals surface area (Å²) in [7, 11) is 2.04. The van der Waals surface area contributed by atoms with Crippen molar-refractivity contribution in [1.29, 1.82) is 0 Å². The number of fused-ring (bicyclic) bond motifs is 1. The van der Waals surface area contributed by atoms with Crippen molar-refractivity contribution in [1.82, 2.24) is 4.90 Å². The predicted molar refractivity (Wildman–Crippen MR) is 54.1 cm³/mol. The molecule has 0 radical (unpaired) electrons. The summed E-state index contributed by atoms with van der Waals surface area (Å²) in [5, 5.41) is 9.17. The smallest absolute Gasteiger partial charge is 0.308 e. The number of carbonyl (C=O) groups is 1. The third-order valence-electron chi connectivity index (χ3n) is 3.86. The highest BCUT2D eigenvalue weighted by Crippen LogP contribution is 2.39. The highest BCUT2D eigenvalue weighted by molar-refractivity contribution is 5.70. The van der Waals surface area contributed by atoms with Crippen LogP contribution in [0.2, 0.25) is 0 Å². The molecule has 2 aliphatic rings. The minimum absolute atomic E-state index is 0.112. The van der Waals surface area contributed by atoms with Gasteiger partial charge in [-0.25, -0.2) is 0 Å². The van der Waals surface area contributed by atoms with Crippen molar-refractivity contribution >= 4 is 5.97 Å². The van der Waals surface area contributed by atoms with Gasteiger partial charge in [0.05, 0.1) is 5.92 Å². The first-order chi connectivity index (χ1) is 6.68. The van der Waals surface area contributed by atoms with E-state index in [1.165, 1.54) is 19.3 Å². The minimum atomic E-state index is -0.589. The van der Waals surface area contributed by atoms with E-state index in [2.05, 4.69) is 4.90 Å². The Morgan fingerprint density at radius 3 is 2.71 bits per heavy atom. The van der Waals surface area contributed by atoms with Gasteiger partial charge in [0.1, 0.15) is 0 Å². The molecule has 1 saturated heterocycles. The lowest BCUT2D eigenvalue weighted by molar-refractivity contribution is -0.148. The predicted octanol–water partition coefficient (Wildman–Crippen LogP) is 1.44. The number of hydrogen-bond donors (Lipinski definition) is 1. The summed E-state index contributed by atoms with van der Waals surface area (Å²) < 4.78 is 0. The molecule has 3 atom stereocenters. The summed E-state index contributed by atoms with van der Waals surface area (Å²) >= 11 is 0. The second kappa shape index (κ2) is 3.89. The molecule has 3 nitrogen and oxygen atoms in total. The van der Waals surface area contributed by atoms with Crippen molar-refractivity contribution in [2.45, 2.75) is 25.7 Å². The molecule has 2 rings (SSSR count). The third-order valence-corrected chi connectivity index (χ3v) is 3.86. The molecule has 0 aromatic rings. The number of hydrogen-bond acceptors (Lipinski definition) is 2. The van der Waals surface area contributed by atoms with E-state index >= 15 is 0 Å². The van der Waals surface area contributed by atoms with Gasteiger partial charge in [-0.2, -0.15) is 0 Å². The van der Waals surface area contributed by atoms with Crippen LogP contribution >= 0.6 is 0 Å². The lowest BCUT2D eigenvalue weighted by atomic mass is 9.70. The van der Waals surface area contributed by atoms with Gasteiger partial charge in [0.15, 0.2) is 0 Å². The average molecular weight is 197 g/mol. The number of piperidine rings is 1. The highest BCUT2D eigenvalue weighted by Gasteiger charge is 2.40. The summed E-state index contributed by atoms with van der Waals surface area (Å²) in [4.78, 5) is 13.3. The van der Waals surface area contributed by atoms with Crippen LogP contribution in [0.15, 0.2) is 0 Å². The van der Waals surface area contributed by atoms with Crippen molar-refractivity contribution in [3.63, 3.8) is 0 Å². The number of carboxylic acid groups (broad SMARTS) is 1. The summed E-state index contributed by atoms with van der Waals surface area (Å²) in [5.74, 6) is 0.397. The summed E-state index contributed by atoms with van der Waals surface area (Å²) in [6.45, 7) is 1.85. The molecule has 0 spiro atoms. The van der Waals surface area contributed by atoms with Gasteiger partial charge in [0, 0.05) is 13.1 Å². The van der Waals surface area contributed by atoms with E-state index in [0.717, 1.165) is 19.5 Å². The van der Waals surface area contributed by atoms with Crippen molar-refractivity contribution < 1.29 is 9.90 Å². The van der Waals surface area contributed by atoms with E-state index in [9.17, 15) is 4.79 Å². The molecule has 0 amide bonds. The maximum absolute atomic E-state index is 11.1. The van der Waals surface area contributed by atoms with Crippen molar-refractivity contribution in [3.05, 3.63) is 0 Å². The molecule has 1 saturated carbocycles. The van der Waals surface area contributed by atoms with Gasteiger partial charge in [-0.1, -0.05) is 12.8 Å². The molecule has 3 heteroatoms. The van der Waals surface area contributed by atoms with E-state index in [0.29, 0.717) is 11.8 Å². The SMILES string of the molecule is CN1CC2CCCCC2C(C(=O)O)C1. The number of rotatable bonds is 1. The Morgan fingerprint density at radius 1 is 1.29 bits per heavy atom. The summed E-state index contributed by atoms with van der Waals surface area (Å²) in [5.41, 5.74) is 0.